The molecule has 160 valence electrons. The molecular weight excluding hydrogens is 398 g/mol. The first-order valence-corrected chi connectivity index (χ1v) is 10.3. The molecule has 2 heterocycles. The molecular formula is C23H23N3O5. The minimum atomic E-state index is -0.262. The molecule has 0 saturated heterocycles. The summed E-state index contributed by atoms with van der Waals surface area (Å²) in [7, 11) is 0. The van der Waals surface area contributed by atoms with Gasteiger partial charge >= 0.3 is 0 Å². The molecule has 2 aliphatic heterocycles. The number of hydrogen-bond donors (Lipinski definition) is 1. The molecule has 0 fully saturated rings. The van der Waals surface area contributed by atoms with Crippen LogP contribution in [0.3, 0.4) is 0 Å². The van der Waals surface area contributed by atoms with Gasteiger partial charge < -0.3 is 4.84 Å². The van der Waals surface area contributed by atoms with Gasteiger partial charge in [0.2, 0.25) is 0 Å². The molecule has 4 rings (SSSR count). The van der Waals surface area contributed by atoms with Crippen LogP contribution in [0, 0.1) is 0 Å². The van der Waals surface area contributed by atoms with Crippen LogP contribution in [0.5, 0.6) is 0 Å². The van der Waals surface area contributed by atoms with Crippen LogP contribution in [0.4, 0.5) is 0 Å². The zero-order valence-corrected chi connectivity index (χ0v) is 17.0. The van der Waals surface area contributed by atoms with E-state index in [2.05, 4.69) is 5.48 Å². The number of hydrogen-bond acceptors (Lipinski definition) is 6. The smallest absolute Gasteiger partial charge is 0.261 e. The van der Waals surface area contributed by atoms with Crippen molar-refractivity contribution in [2.45, 2.75) is 19.3 Å². The summed E-state index contributed by atoms with van der Waals surface area (Å²) in [5.41, 5.74) is 4.67. The topological polar surface area (TPSA) is 96.0 Å². The molecule has 2 aromatic carbocycles. The molecule has 0 aliphatic carbocycles. The molecule has 0 spiro atoms. The van der Waals surface area contributed by atoms with Gasteiger partial charge in [-0.2, -0.15) is 0 Å². The summed E-state index contributed by atoms with van der Waals surface area (Å²) in [6.45, 7) is 1.59. The number of amides is 4. The fourth-order valence-electron chi connectivity index (χ4n) is 3.79. The third kappa shape index (κ3) is 4.12. The van der Waals surface area contributed by atoms with Gasteiger partial charge in [0, 0.05) is 19.6 Å². The lowest BCUT2D eigenvalue weighted by Crippen LogP contribution is -2.32. The molecule has 0 bridgehead atoms. The SMILES string of the molecule is O=C1c2ccccc2C(=O)N1CCCCNOCCCN1C(=O)c2ccccc2C1=O. The van der Waals surface area contributed by atoms with E-state index in [-0.39, 0.29) is 23.6 Å². The molecule has 0 radical (unpaired) electrons. The number of benzene rings is 2. The van der Waals surface area contributed by atoms with Crippen molar-refractivity contribution in [3.05, 3.63) is 70.8 Å². The minimum Gasteiger partial charge on any atom is -0.302 e. The van der Waals surface area contributed by atoms with Crippen molar-refractivity contribution < 1.29 is 24.0 Å². The highest BCUT2D eigenvalue weighted by molar-refractivity contribution is 6.22. The van der Waals surface area contributed by atoms with Crippen molar-refractivity contribution >= 4 is 23.6 Å². The Bertz CT molecular complexity index is 884. The summed E-state index contributed by atoms with van der Waals surface area (Å²) in [6, 6.07) is 13.7. The number of nitrogens with one attached hydrogen (secondary N) is 1. The normalized spacial score (nSPS) is 15.1. The number of nitrogens with zero attached hydrogens (tertiary/aromatic N) is 2. The molecule has 4 amide bonds. The second kappa shape index (κ2) is 9.20. The van der Waals surface area contributed by atoms with Gasteiger partial charge in [-0.25, -0.2) is 5.48 Å². The van der Waals surface area contributed by atoms with Crippen LogP contribution in [0.15, 0.2) is 48.5 Å². The van der Waals surface area contributed by atoms with Gasteiger partial charge in [0.05, 0.1) is 28.9 Å². The minimum absolute atomic E-state index is 0.238. The van der Waals surface area contributed by atoms with Crippen molar-refractivity contribution in [1.29, 1.82) is 0 Å². The maximum absolute atomic E-state index is 12.3. The van der Waals surface area contributed by atoms with Crippen LogP contribution in [0.2, 0.25) is 0 Å². The number of carbonyl (C=O) groups excluding carboxylic acids is 4. The van der Waals surface area contributed by atoms with E-state index >= 15 is 0 Å². The fraction of sp³-hybridized carbons (Fsp3) is 0.304. The number of rotatable bonds is 10. The van der Waals surface area contributed by atoms with Crippen molar-refractivity contribution in [3.8, 4) is 0 Å². The second-order valence-corrected chi connectivity index (χ2v) is 7.42. The molecule has 0 aromatic heterocycles. The summed E-state index contributed by atoms with van der Waals surface area (Å²) in [5, 5.41) is 0. The zero-order chi connectivity index (χ0) is 21.8. The van der Waals surface area contributed by atoms with E-state index in [4.69, 9.17) is 4.84 Å². The molecule has 0 unspecified atom stereocenters. The first-order chi connectivity index (χ1) is 15.1. The van der Waals surface area contributed by atoms with Gasteiger partial charge in [0.25, 0.3) is 23.6 Å². The van der Waals surface area contributed by atoms with Crippen LogP contribution >= 0.6 is 0 Å². The Labute approximate surface area is 179 Å². The number of carbonyl (C=O) groups is 4. The Balaban J connectivity index is 1.09. The van der Waals surface area contributed by atoms with Gasteiger partial charge in [-0.1, -0.05) is 24.3 Å². The second-order valence-electron chi connectivity index (χ2n) is 7.42. The van der Waals surface area contributed by atoms with Crippen LogP contribution < -0.4 is 5.48 Å². The molecule has 0 saturated carbocycles. The highest BCUT2D eigenvalue weighted by atomic mass is 16.6. The van der Waals surface area contributed by atoms with E-state index in [9.17, 15) is 19.2 Å². The van der Waals surface area contributed by atoms with E-state index in [1.807, 2.05) is 0 Å². The quantitative estimate of drug-likeness (QED) is 0.359. The van der Waals surface area contributed by atoms with E-state index in [0.717, 1.165) is 6.42 Å². The monoisotopic (exact) mass is 421 g/mol. The highest BCUT2D eigenvalue weighted by Crippen LogP contribution is 2.23. The molecule has 1 N–H and O–H groups in total. The van der Waals surface area contributed by atoms with Crippen LogP contribution in [0.1, 0.15) is 60.7 Å². The largest absolute Gasteiger partial charge is 0.302 e. The van der Waals surface area contributed by atoms with Gasteiger partial charge in [0.1, 0.15) is 0 Å². The Morgan fingerprint density at radius 2 is 1.03 bits per heavy atom. The van der Waals surface area contributed by atoms with Crippen LogP contribution in [0.25, 0.3) is 0 Å². The predicted octanol–water partition coefficient (Wildman–Crippen LogP) is 2.27. The average molecular weight is 421 g/mol. The van der Waals surface area contributed by atoms with Crippen LogP contribution in [-0.2, 0) is 4.84 Å². The molecule has 8 nitrogen and oxygen atoms in total. The third-order valence-electron chi connectivity index (χ3n) is 5.40. The van der Waals surface area contributed by atoms with Gasteiger partial charge in [-0.05, 0) is 43.5 Å². The lowest BCUT2D eigenvalue weighted by molar-refractivity contribution is 0.0330. The van der Waals surface area contributed by atoms with Crippen molar-refractivity contribution in [1.82, 2.24) is 15.3 Å². The average Bonchev–Trinajstić information content (AvgIpc) is 3.18. The van der Waals surface area contributed by atoms with E-state index in [1.54, 1.807) is 48.5 Å². The molecule has 31 heavy (non-hydrogen) atoms. The first-order valence-electron chi connectivity index (χ1n) is 10.3. The molecule has 0 atom stereocenters. The van der Waals surface area contributed by atoms with E-state index < -0.39 is 0 Å². The van der Waals surface area contributed by atoms with Crippen molar-refractivity contribution in [2.24, 2.45) is 0 Å². The molecule has 8 heteroatoms. The standard InChI is InChI=1S/C23H23N3O5/c27-20-16-8-1-2-9-17(16)21(28)25(20)13-6-5-12-24-31-15-7-14-26-22(29)18-10-3-4-11-19(18)23(26)30/h1-4,8-11,24H,5-7,12-15H2. The van der Waals surface area contributed by atoms with Gasteiger partial charge in [-0.15, -0.1) is 0 Å². The predicted molar refractivity (Wildman–Crippen MR) is 111 cm³/mol. The summed E-state index contributed by atoms with van der Waals surface area (Å²) in [4.78, 5) is 57.0. The van der Waals surface area contributed by atoms with E-state index in [0.29, 0.717) is 61.3 Å². The van der Waals surface area contributed by atoms with Crippen molar-refractivity contribution in [2.75, 3.05) is 26.2 Å². The molecule has 2 aliphatic rings. The van der Waals surface area contributed by atoms with Gasteiger partial charge in [-0.3, -0.25) is 29.0 Å². The Morgan fingerprint density at radius 3 is 1.48 bits per heavy atom. The number of hydroxylamine groups is 1. The van der Waals surface area contributed by atoms with E-state index in [1.165, 1.54) is 9.80 Å². The fourth-order valence-corrected chi connectivity index (χ4v) is 3.79. The zero-order valence-electron chi connectivity index (χ0n) is 17.0. The summed E-state index contributed by atoms with van der Waals surface area (Å²) in [5.74, 6) is -1.00. The first kappa shape index (κ1) is 20.9. The maximum Gasteiger partial charge on any atom is 0.261 e. The lowest BCUT2D eigenvalue weighted by Gasteiger charge is -2.14. The van der Waals surface area contributed by atoms with Crippen molar-refractivity contribution in [3.63, 3.8) is 0 Å². The Kier molecular flexibility index (Phi) is 6.20. The maximum atomic E-state index is 12.3. The molecule has 2 aromatic rings. The Hall–Kier alpha value is -3.36. The number of unbranched alkanes of at least 4 members (excludes halogenated alkanes) is 1. The summed E-state index contributed by atoms with van der Waals surface area (Å²) >= 11 is 0. The van der Waals surface area contributed by atoms with Gasteiger partial charge in [0.15, 0.2) is 0 Å². The number of fused-ring (bicyclic) bond motifs is 2. The third-order valence-corrected chi connectivity index (χ3v) is 5.40. The number of imide groups is 2. The Morgan fingerprint density at radius 1 is 0.613 bits per heavy atom. The summed E-state index contributed by atoms with van der Waals surface area (Å²) < 4.78 is 0. The highest BCUT2D eigenvalue weighted by Gasteiger charge is 2.35. The lowest BCUT2D eigenvalue weighted by atomic mass is 10.1. The summed E-state index contributed by atoms with van der Waals surface area (Å²) in [6.07, 6.45) is 1.91. The van der Waals surface area contributed by atoms with Crippen LogP contribution in [-0.4, -0.2) is 59.7 Å².